The molecule has 0 radical (unpaired) electrons. The lowest BCUT2D eigenvalue weighted by Crippen LogP contribution is -2.09. The van der Waals surface area contributed by atoms with Crippen LogP contribution in [0.15, 0.2) is 127 Å². The average Bonchev–Trinajstić information content (AvgIpc) is 2.94. The number of nitrogens with zero attached hydrogens (tertiary/aromatic N) is 3. The van der Waals surface area contributed by atoms with Crippen molar-refractivity contribution in [2.45, 2.75) is 0 Å². The number of nitro benzene ring substituents is 2. The maximum absolute atomic E-state index is 12.0. The highest BCUT2D eigenvalue weighted by atomic mass is 16.6. The van der Waals surface area contributed by atoms with Crippen molar-refractivity contribution in [3.05, 3.63) is 148 Å². The molecule has 0 spiro atoms. The van der Waals surface area contributed by atoms with E-state index in [0.717, 1.165) is 17.1 Å². The van der Waals surface area contributed by atoms with Gasteiger partial charge in [0.2, 0.25) is 0 Å². The molecular formula is C30H21N3O4. The van der Waals surface area contributed by atoms with Gasteiger partial charge in [-0.1, -0.05) is 54.6 Å². The number of anilines is 3. The molecule has 0 aliphatic carbocycles. The highest BCUT2D eigenvalue weighted by molar-refractivity contribution is 5.82. The molecule has 0 saturated carbocycles. The van der Waals surface area contributed by atoms with Crippen LogP contribution < -0.4 is 4.90 Å². The van der Waals surface area contributed by atoms with Crippen molar-refractivity contribution in [1.29, 1.82) is 0 Å². The number of non-ortho nitro benzene ring substituents is 1. The number of benzene rings is 5. The van der Waals surface area contributed by atoms with Crippen LogP contribution in [-0.4, -0.2) is 9.85 Å². The Labute approximate surface area is 213 Å². The third-order valence-corrected chi connectivity index (χ3v) is 6.07. The Morgan fingerprint density at radius 1 is 0.486 bits per heavy atom. The Balaban J connectivity index is 1.51. The topological polar surface area (TPSA) is 89.5 Å². The molecule has 0 bridgehead atoms. The van der Waals surface area contributed by atoms with Gasteiger partial charge >= 0.3 is 0 Å². The fourth-order valence-corrected chi connectivity index (χ4v) is 4.27. The number of rotatable bonds is 7. The summed E-state index contributed by atoms with van der Waals surface area (Å²) in [5.74, 6) is 0. The molecule has 37 heavy (non-hydrogen) atoms. The maximum Gasteiger partial charge on any atom is 0.277 e. The van der Waals surface area contributed by atoms with Crippen molar-refractivity contribution >= 4 is 28.4 Å². The van der Waals surface area contributed by atoms with Crippen LogP contribution in [0.5, 0.6) is 0 Å². The van der Waals surface area contributed by atoms with Crippen molar-refractivity contribution < 1.29 is 9.85 Å². The molecular weight excluding hydrogens is 466 g/mol. The number of para-hydroxylation sites is 2. The summed E-state index contributed by atoms with van der Waals surface area (Å²) in [6.45, 7) is 0. The van der Waals surface area contributed by atoms with E-state index in [-0.39, 0.29) is 11.4 Å². The zero-order chi connectivity index (χ0) is 25.8. The van der Waals surface area contributed by atoms with E-state index < -0.39 is 9.85 Å². The number of hydrogen-bond donors (Lipinski definition) is 0. The Kier molecular flexibility index (Phi) is 6.42. The molecule has 0 amide bonds. The standard InChI is InChI=1S/C30H21N3O4/c34-32(35)28-18-11-22(12-19-28)24-15-20-29(30(21-24)33(36)37)23-13-16-27(17-14-23)31(25-7-3-1-4-8-25)26-9-5-2-6-10-26/h1-21H. The van der Waals surface area contributed by atoms with E-state index in [1.807, 2.05) is 84.9 Å². The second-order valence-corrected chi connectivity index (χ2v) is 8.35. The van der Waals surface area contributed by atoms with Crippen molar-refractivity contribution in [1.82, 2.24) is 0 Å². The van der Waals surface area contributed by atoms with Gasteiger partial charge in [0.25, 0.3) is 11.4 Å². The molecule has 5 aromatic carbocycles. The van der Waals surface area contributed by atoms with E-state index >= 15 is 0 Å². The highest BCUT2D eigenvalue weighted by Gasteiger charge is 2.18. The van der Waals surface area contributed by atoms with Crippen molar-refractivity contribution in [2.75, 3.05) is 4.90 Å². The summed E-state index contributed by atoms with van der Waals surface area (Å²) in [7, 11) is 0. The maximum atomic E-state index is 12.0. The smallest absolute Gasteiger partial charge is 0.277 e. The summed E-state index contributed by atoms with van der Waals surface area (Å²) in [6, 6.07) is 38.6. The van der Waals surface area contributed by atoms with Crippen LogP contribution in [0.25, 0.3) is 22.3 Å². The Morgan fingerprint density at radius 2 is 0.973 bits per heavy atom. The predicted octanol–water partition coefficient (Wildman–Crippen LogP) is 8.31. The van der Waals surface area contributed by atoms with Gasteiger partial charge in [-0.15, -0.1) is 0 Å². The van der Waals surface area contributed by atoms with Gasteiger partial charge in [0.1, 0.15) is 0 Å². The first-order valence-corrected chi connectivity index (χ1v) is 11.6. The van der Waals surface area contributed by atoms with Crippen LogP contribution in [-0.2, 0) is 0 Å². The zero-order valence-electron chi connectivity index (χ0n) is 19.6. The third-order valence-electron chi connectivity index (χ3n) is 6.07. The molecule has 0 saturated heterocycles. The quantitative estimate of drug-likeness (QED) is 0.170. The first-order chi connectivity index (χ1) is 18.0. The van der Waals surface area contributed by atoms with E-state index in [1.165, 1.54) is 18.2 Å². The summed E-state index contributed by atoms with van der Waals surface area (Å²) in [5.41, 5.74) is 5.34. The van der Waals surface area contributed by atoms with Gasteiger partial charge in [-0.2, -0.15) is 0 Å². The molecule has 0 N–H and O–H groups in total. The molecule has 0 fully saturated rings. The summed E-state index contributed by atoms with van der Waals surface area (Å²) in [4.78, 5) is 24.1. The van der Waals surface area contributed by atoms with E-state index in [1.54, 1.807) is 24.3 Å². The average molecular weight is 488 g/mol. The molecule has 0 heterocycles. The molecule has 7 heteroatoms. The van der Waals surface area contributed by atoms with Crippen LogP contribution in [0.1, 0.15) is 0 Å². The lowest BCUT2D eigenvalue weighted by atomic mass is 9.98. The Hall–Kier alpha value is -5.30. The van der Waals surface area contributed by atoms with Crippen LogP contribution in [0.4, 0.5) is 28.4 Å². The largest absolute Gasteiger partial charge is 0.311 e. The van der Waals surface area contributed by atoms with Crippen LogP contribution in [0.3, 0.4) is 0 Å². The zero-order valence-corrected chi connectivity index (χ0v) is 19.6. The fraction of sp³-hybridized carbons (Fsp3) is 0. The summed E-state index contributed by atoms with van der Waals surface area (Å²) in [5, 5.41) is 22.9. The van der Waals surface area contributed by atoms with E-state index in [2.05, 4.69) is 4.90 Å². The normalized spacial score (nSPS) is 10.6. The SMILES string of the molecule is O=[N+]([O-])c1ccc(-c2ccc(-c3ccc(N(c4ccccc4)c4ccccc4)cc3)c([N+](=O)[O-])c2)cc1. The molecule has 0 aliphatic rings. The molecule has 5 rings (SSSR count). The van der Waals surface area contributed by atoms with E-state index in [4.69, 9.17) is 0 Å². The fourth-order valence-electron chi connectivity index (χ4n) is 4.27. The highest BCUT2D eigenvalue weighted by Crippen LogP contribution is 2.38. The molecule has 0 aromatic heterocycles. The van der Waals surface area contributed by atoms with Gasteiger partial charge in [0.15, 0.2) is 0 Å². The van der Waals surface area contributed by atoms with Crippen LogP contribution >= 0.6 is 0 Å². The number of nitro groups is 2. The van der Waals surface area contributed by atoms with Gasteiger partial charge in [0.05, 0.1) is 15.4 Å². The lowest BCUT2D eigenvalue weighted by Gasteiger charge is -2.25. The predicted molar refractivity (Wildman–Crippen MR) is 145 cm³/mol. The second kappa shape index (κ2) is 10.1. The minimum absolute atomic E-state index is 0.0324. The van der Waals surface area contributed by atoms with Gasteiger partial charge in [-0.3, -0.25) is 20.2 Å². The molecule has 5 aromatic rings. The minimum atomic E-state index is -0.476. The monoisotopic (exact) mass is 487 g/mol. The lowest BCUT2D eigenvalue weighted by molar-refractivity contribution is -0.384. The van der Waals surface area contributed by atoms with E-state index in [0.29, 0.717) is 22.3 Å². The molecule has 0 aliphatic heterocycles. The molecule has 0 unspecified atom stereocenters. The minimum Gasteiger partial charge on any atom is -0.311 e. The summed E-state index contributed by atoms with van der Waals surface area (Å²) in [6.07, 6.45) is 0. The van der Waals surface area contributed by atoms with Crippen LogP contribution in [0, 0.1) is 20.2 Å². The van der Waals surface area contributed by atoms with E-state index in [9.17, 15) is 20.2 Å². The number of hydrogen-bond acceptors (Lipinski definition) is 5. The Bertz CT molecular complexity index is 1510. The van der Waals surface area contributed by atoms with Crippen molar-refractivity contribution in [3.63, 3.8) is 0 Å². The van der Waals surface area contributed by atoms with Crippen LogP contribution in [0.2, 0.25) is 0 Å². The summed E-state index contributed by atoms with van der Waals surface area (Å²) < 4.78 is 0. The summed E-state index contributed by atoms with van der Waals surface area (Å²) >= 11 is 0. The van der Waals surface area contributed by atoms with Gasteiger partial charge in [-0.05, 0) is 71.3 Å². The van der Waals surface area contributed by atoms with Crippen molar-refractivity contribution in [3.8, 4) is 22.3 Å². The second-order valence-electron chi connectivity index (χ2n) is 8.35. The molecule has 0 atom stereocenters. The first kappa shape index (κ1) is 23.4. The molecule has 180 valence electrons. The Morgan fingerprint density at radius 3 is 1.49 bits per heavy atom. The first-order valence-electron chi connectivity index (χ1n) is 11.6. The molecule has 7 nitrogen and oxygen atoms in total. The van der Waals surface area contributed by atoms with Gasteiger partial charge < -0.3 is 4.90 Å². The van der Waals surface area contributed by atoms with Gasteiger partial charge in [0, 0.05) is 35.3 Å². The third kappa shape index (κ3) is 4.92. The van der Waals surface area contributed by atoms with Gasteiger partial charge in [-0.25, -0.2) is 0 Å². The van der Waals surface area contributed by atoms with Crippen molar-refractivity contribution in [2.24, 2.45) is 0 Å².